The number of hydrogen-bond donors (Lipinski definition) is 0. The van der Waals surface area contributed by atoms with Crippen molar-refractivity contribution in [3.8, 4) is 0 Å². The van der Waals surface area contributed by atoms with Crippen molar-refractivity contribution in [3.63, 3.8) is 0 Å². The van der Waals surface area contributed by atoms with Gasteiger partial charge in [-0.1, -0.05) is 70.9 Å². The predicted octanol–water partition coefficient (Wildman–Crippen LogP) is 6.57. The average Bonchev–Trinajstić information content (AvgIpc) is 2.66. The maximum absolute atomic E-state index is 12.2. The Bertz CT molecular complexity index is 499. The Morgan fingerprint density at radius 1 is 1.08 bits per heavy atom. The van der Waals surface area contributed by atoms with Crippen LogP contribution in [-0.2, 0) is 11.2 Å². The molecule has 2 nitrogen and oxygen atoms in total. The third-order valence-electron chi connectivity index (χ3n) is 5.93. The second-order valence-electron chi connectivity index (χ2n) is 7.76. The first-order valence-electron chi connectivity index (χ1n) is 10.4. The van der Waals surface area contributed by atoms with Gasteiger partial charge in [-0.3, -0.25) is 0 Å². The van der Waals surface area contributed by atoms with E-state index < -0.39 is 0 Å². The molecule has 2 rings (SSSR count). The zero-order valence-corrected chi connectivity index (χ0v) is 16.4. The fraction of sp³-hybridized carbons (Fsp3) is 0.696. The lowest BCUT2D eigenvalue weighted by Crippen LogP contribution is -2.19. The number of hydrogen-bond acceptors (Lipinski definition) is 2. The van der Waals surface area contributed by atoms with E-state index in [9.17, 15) is 4.79 Å². The molecule has 1 saturated carbocycles. The zero-order valence-electron chi connectivity index (χ0n) is 16.4. The van der Waals surface area contributed by atoms with E-state index in [-0.39, 0.29) is 12.1 Å². The lowest BCUT2D eigenvalue weighted by Gasteiger charge is -2.30. The summed E-state index contributed by atoms with van der Waals surface area (Å²) in [5.74, 6) is 1.62. The number of rotatable bonds is 9. The molecule has 140 valence electrons. The topological polar surface area (TPSA) is 26.3 Å². The summed E-state index contributed by atoms with van der Waals surface area (Å²) < 4.78 is 5.63. The molecule has 25 heavy (non-hydrogen) atoms. The third kappa shape index (κ3) is 6.49. The van der Waals surface area contributed by atoms with Gasteiger partial charge in [0.25, 0.3) is 0 Å². The zero-order chi connectivity index (χ0) is 18.1. The summed E-state index contributed by atoms with van der Waals surface area (Å²) in [5.41, 5.74) is 1.91. The Morgan fingerprint density at radius 3 is 2.36 bits per heavy atom. The summed E-state index contributed by atoms with van der Waals surface area (Å²) in [4.78, 5) is 12.2. The van der Waals surface area contributed by atoms with Crippen LogP contribution in [0.1, 0.15) is 94.5 Å². The molecule has 1 aliphatic carbocycles. The summed E-state index contributed by atoms with van der Waals surface area (Å²) >= 11 is 0. The number of esters is 1. The van der Waals surface area contributed by atoms with Crippen LogP contribution in [0.3, 0.4) is 0 Å². The maximum atomic E-state index is 12.2. The number of carbonyl (C=O) groups excluding carboxylic acids is 1. The van der Waals surface area contributed by atoms with Crippen LogP contribution in [0.25, 0.3) is 0 Å². The first kappa shape index (κ1) is 20.0. The van der Waals surface area contributed by atoms with Crippen molar-refractivity contribution < 1.29 is 9.53 Å². The molecule has 0 aromatic heterocycles. The Kier molecular flexibility index (Phi) is 8.51. The SMILES string of the molecule is CCc1ccc(C(=O)OC(C)CCCC(CC)C2CCCCC2)cc1. The van der Waals surface area contributed by atoms with Gasteiger partial charge >= 0.3 is 5.97 Å². The number of ether oxygens (including phenoxy) is 1. The second kappa shape index (κ2) is 10.6. The van der Waals surface area contributed by atoms with Crippen molar-refractivity contribution in [1.29, 1.82) is 0 Å². The van der Waals surface area contributed by atoms with E-state index in [1.54, 1.807) is 0 Å². The highest BCUT2D eigenvalue weighted by atomic mass is 16.5. The molecule has 1 aromatic rings. The van der Waals surface area contributed by atoms with Crippen molar-refractivity contribution in [2.75, 3.05) is 0 Å². The lowest BCUT2D eigenvalue weighted by atomic mass is 9.76. The van der Waals surface area contributed by atoms with E-state index in [4.69, 9.17) is 4.74 Å². The van der Waals surface area contributed by atoms with Gasteiger partial charge in [0, 0.05) is 0 Å². The van der Waals surface area contributed by atoms with Crippen LogP contribution in [0.5, 0.6) is 0 Å². The van der Waals surface area contributed by atoms with Crippen molar-refractivity contribution in [3.05, 3.63) is 35.4 Å². The quantitative estimate of drug-likeness (QED) is 0.473. The standard InChI is InChI=1S/C23H36O2/c1-4-19-14-16-22(17-15-19)23(24)25-18(3)10-9-13-20(5-2)21-11-7-6-8-12-21/h14-18,20-21H,4-13H2,1-3H3. The highest BCUT2D eigenvalue weighted by molar-refractivity contribution is 5.89. The van der Waals surface area contributed by atoms with Crippen molar-refractivity contribution >= 4 is 5.97 Å². The Balaban J connectivity index is 1.71. The van der Waals surface area contributed by atoms with Gasteiger partial charge in [0.05, 0.1) is 11.7 Å². The van der Waals surface area contributed by atoms with Crippen molar-refractivity contribution in [2.45, 2.75) is 91.1 Å². The molecule has 0 spiro atoms. The molecular weight excluding hydrogens is 308 g/mol. The summed E-state index contributed by atoms with van der Waals surface area (Å²) in [6.45, 7) is 6.48. The number of carbonyl (C=O) groups is 1. The third-order valence-corrected chi connectivity index (χ3v) is 5.93. The Morgan fingerprint density at radius 2 is 1.76 bits per heavy atom. The van der Waals surface area contributed by atoms with Gasteiger partial charge in [0.1, 0.15) is 0 Å². The average molecular weight is 345 g/mol. The fourth-order valence-electron chi connectivity index (χ4n) is 4.23. The van der Waals surface area contributed by atoms with E-state index in [1.165, 1.54) is 50.5 Å². The van der Waals surface area contributed by atoms with Gasteiger partial charge < -0.3 is 4.74 Å². The first-order chi connectivity index (χ1) is 12.1. The highest BCUT2D eigenvalue weighted by Gasteiger charge is 2.22. The van der Waals surface area contributed by atoms with Crippen molar-refractivity contribution in [1.82, 2.24) is 0 Å². The van der Waals surface area contributed by atoms with E-state index in [0.29, 0.717) is 5.56 Å². The molecule has 2 heteroatoms. The van der Waals surface area contributed by atoms with E-state index in [2.05, 4.69) is 13.8 Å². The summed E-state index contributed by atoms with van der Waals surface area (Å²) in [6, 6.07) is 7.78. The van der Waals surface area contributed by atoms with E-state index in [1.807, 2.05) is 31.2 Å². The minimum Gasteiger partial charge on any atom is -0.459 e. The summed E-state index contributed by atoms with van der Waals surface area (Å²) in [5, 5.41) is 0. The molecular formula is C23H36O2. The molecule has 0 heterocycles. The minimum atomic E-state index is -0.186. The maximum Gasteiger partial charge on any atom is 0.338 e. The van der Waals surface area contributed by atoms with E-state index >= 15 is 0 Å². The molecule has 2 unspecified atom stereocenters. The van der Waals surface area contributed by atoms with Gasteiger partial charge in [0.15, 0.2) is 0 Å². The molecule has 1 aliphatic rings. The molecule has 0 radical (unpaired) electrons. The smallest absolute Gasteiger partial charge is 0.338 e. The van der Waals surface area contributed by atoms with Gasteiger partial charge in [-0.2, -0.15) is 0 Å². The van der Waals surface area contributed by atoms with Crippen LogP contribution in [0.15, 0.2) is 24.3 Å². The molecule has 1 aromatic carbocycles. The Labute approximate surface area is 154 Å². The van der Waals surface area contributed by atoms with Crippen LogP contribution < -0.4 is 0 Å². The molecule has 0 N–H and O–H groups in total. The fourth-order valence-corrected chi connectivity index (χ4v) is 4.23. The number of aryl methyl sites for hydroxylation is 1. The van der Waals surface area contributed by atoms with E-state index in [0.717, 1.165) is 31.1 Å². The molecule has 0 aliphatic heterocycles. The molecule has 1 fully saturated rings. The van der Waals surface area contributed by atoms with Crippen LogP contribution in [0.2, 0.25) is 0 Å². The lowest BCUT2D eigenvalue weighted by molar-refractivity contribution is 0.0314. The van der Waals surface area contributed by atoms with Crippen LogP contribution in [0, 0.1) is 11.8 Å². The monoisotopic (exact) mass is 344 g/mol. The Hall–Kier alpha value is -1.31. The second-order valence-corrected chi connectivity index (χ2v) is 7.76. The summed E-state index contributed by atoms with van der Waals surface area (Å²) in [6.07, 6.45) is 12.8. The van der Waals surface area contributed by atoms with Gasteiger partial charge in [0.2, 0.25) is 0 Å². The first-order valence-corrected chi connectivity index (χ1v) is 10.4. The van der Waals surface area contributed by atoms with Crippen LogP contribution in [-0.4, -0.2) is 12.1 Å². The molecule has 0 bridgehead atoms. The van der Waals surface area contributed by atoms with Crippen LogP contribution >= 0.6 is 0 Å². The normalized spacial score (nSPS) is 17.9. The highest BCUT2D eigenvalue weighted by Crippen LogP contribution is 2.34. The molecule has 0 amide bonds. The van der Waals surface area contributed by atoms with Crippen LogP contribution in [0.4, 0.5) is 0 Å². The predicted molar refractivity (Wildman–Crippen MR) is 105 cm³/mol. The number of benzene rings is 1. The molecule has 2 atom stereocenters. The van der Waals surface area contributed by atoms with Gasteiger partial charge in [-0.15, -0.1) is 0 Å². The van der Waals surface area contributed by atoms with Gasteiger partial charge in [-0.25, -0.2) is 4.79 Å². The summed E-state index contributed by atoms with van der Waals surface area (Å²) in [7, 11) is 0. The minimum absolute atomic E-state index is 0.00205. The molecule has 0 saturated heterocycles. The largest absolute Gasteiger partial charge is 0.459 e. The van der Waals surface area contributed by atoms with Crippen molar-refractivity contribution in [2.24, 2.45) is 11.8 Å². The van der Waals surface area contributed by atoms with Gasteiger partial charge in [-0.05, 0) is 55.7 Å².